The van der Waals surface area contributed by atoms with Gasteiger partial charge in [0.1, 0.15) is 34.5 Å². The number of benzene rings is 6. The van der Waals surface area contributed by atoms with E-state index in [9.17, 15) is 13.7 Å². The first-order chi connectivity index (χ1) is 40.8. The van der Waals surface area contributed by atoms with Gasteiger partial charge in [0.25, 0.3) is 0 Å². The van der Waals surface area contributed by atoms with Crippen molar-refractivity contribution in [2.45, 2.75) is 156 Å². The standard InChI is InChI=1S/2C22H27O5P.C15H21ClO.C7H7O4P/c2*1-15(2)19-8-6-9-20(16(3)17-11-12-17)22(19)24-14-26-28(23)25-13-18-7-4-5-10-21(18)27-28;1-10(2)13-5-4-6-14(15(13)17-9-16)11(3)12-7-8-12;8-12(9)10-5-6-3-1-2-4-7(6)11-12/h2*4-10,15-17H,11-14H2,1-3H3;4-6,10-12H,7-9H2,1-3H3;1-4H,5H2,(H,8,9). The summed E-state index contributed by atoms with van der Waals surface area (Å²) in [6.07, 6.45) is 7.76. The maximum Gasteiger partial charge on any atom is 0.533 e. The number of para-hydroxylation sites is 6. The van der Waals surface area contributed by atoms with Crippen molar-refractivity contribution in [3.05, 3.63) is 177 Å². The van der Waals surface area contributed by atoms with E-state index >= 15 is 0 Å². The predicted molar refractivity (Wildman–Crippen MR) is 330 cm³/mol. The van der Waals surface area contributed by atoms with Crippen LogP contribution in [0.1, 0.15) is 186 Å². The van der Waals surface area contributed by atoms with Gasteiger partial charge < -0.3 is 27.8 Å². The SMILES string of the molecule is CC(C)c1cccc(C(C)C2CC2)c1OCCl.CC(C)c1cccc(C(C)C2CC2)c1OCOP1(=O)OCc2ccccc2O1.CC(C)c1cccc(C(C)C2CC2)c1OCOP1(=O)OCc2ccccc2O1.O=P1(O)OCc2ccccc2O1. The quantitative estimate of drug-likeness (QED) is 0.0461. The highest BCUT2D eigenvalue weighted by Crippen LogP contribution is 2.57. The van der Waals surface area contributed by atoms with Gasteiger partial charge >= 0.3 is 23.5 Å². The minimum Gasteiger partial charge on any atom is -0.477 e. The molecule has 3 aliphatic carbocycles. The van der Waals surface area contributed by atoms with E-state index in [-0.39, 0.29) is 39.5 Å². The summed E-state index contributed by atoms with van der Waals surface area (Å²) in [5.41, 5.74) is 9.73. The molecule has 0 bridgehead atoms. The highest BCUT2D eigenvalue weighted by molar-refractivity contribution is 7.49. The molecular weight excluding hydrogens is 1160 g/mol. The van der Waals surface area contributed by atoms with Crippen LogP contribution in [0.15, 0.2) is 127 Å². The van der Waals surface area contributed by atoms with Crippen molar-refractivity contribution in [1.82, 2.24) is 0 Å². The van der Waals surface area contributed by atoms with Gasteiger partial charge in [-0.05, 0) is 143 Å². The number of phosphoric ester groups is 3. The Hall–Kier alpha value is -5.14. The van der Waals surface area contributed by atoms with Crippen molar-refractivity contribution in [2.75, 3.05) is 19.7 Å². The van der Waals surface area contributed by atoms with E-state index in [2.05, 4.69) is 121 Å². The summed E-state index contributed by atoms with van der Waals surface area (Å²) in [5, 5.41) is 0. The van der Waals surface area contributed by atoms with Crippen LogP contribution in [0.3, 0.4) is 0 Å². The van der Waals surface area contributed by atoms with Crippen molar-refractivity contribution < 1.29 is 69.0 Å². The molecule has 3 fully saturated rings. The van der Waals surface area contributed by atoms with Crippen LogP contribution in [-0.2, 0) is 56.1 Å². The molecule has 0 spiro atoms. The Bertz CT molecular complexity index is 3210. The van der Waals surface area contributed by atoms with Crippen LogP contribution in [-0.4, -0.2) is 24.5 Å². The third-order valence-electron chi connectivity index (χ3n) is 16.3. The number of fused-ring (bicyclic) bond motifs is 3. The number of halogens is 1. The molecule has 6 unspecified atom stereocenters. The number of hydrogen-bond donors (Lipinski definition) is 1. The molecule has 12 rings (SSSR count). The number of phosphoric acid groups is 3. The van der Waals surface area contributed by atoms with Crippen molar-refractivity contribution in [3.8, 4) is 34.5 Å². The van der Waals surface area contributed by atoms with E-state index in [1.165, 1.54) is 60.8 Å². The molecule has 0 saturated heterocycles. The first-order valence-electron chi connectivity index (χ1n) is 29.7. The molecule has 85 heavy (non-hydrogen) atoms. The average molecular weight is 1240 g/mol. The maximum absolute atomic E-state index is 12.8. The summed E-state index contributed by atoms with van der Waals surface area (Å²) >= 11 is 5.76. The highest BCUT2D eigenvalue weighted by atomic mass is 35.5. The molecule has 6 aliphatic rings. The van der Waals surface area contributed by atoms with Crippen LogP contribution < -0.4 is 27.8 Å². The Labute approximate surface area is 507 Å². The molecule has 6 atom stereocenters. The summed E-state index contributed by atoms with van der Waals surface area (Å²) in [7, 11) is -11.2. The molecule has 458 valence electrons. The van der Waals surface area contributed by atoms with Gasteiger partial charge in [-0.15, -0.1) is 0 Å². The van der Waals surface area contributed by atoms with Crippen LogP contribution in [0.4, 0.5) is 0 Å². The van der Waals surface area contributed by atoms with Crippen LogP contribution in [0, 0.1) is 17.8 Å². The van der Waals surface area contributed by atoms with Gasteiger partial charge in [0.2, 0.25) is 13.6 Å². The molecule has 0 aromatic heterocycles. The minimum atomic E-state index is -3.82. The third kappa shape index (κ3) is 17.1. The van der Waals surface area contributed by atoms with E-state index in [1.54, 1.807) is 30.3 Å². The van der Waals surface area contributed by atoms with Gasteiger partial charge in [0.15, 0.2) is 6.07 Å². The largest absolute Gasteiger partial charge is 0.533 e. The Morgan fingerprint density at radius 2 is 0.729 bits per heavy atom. The summed E-state index contributed by atoms with van der Waals surface area (Å²) in [4.78, 5) is 8.93. The molecule has 6 aromatic rings. The van der Waals surface area contributed by atoms with Gasteiger partial charge in [-0.2, -0.15) is 0 Å². The molecule has 3 heterocycles. The molecule has 6 aromatic carbocycles. The van der Waals surface area contributed by atoms with Gasteiger partial charge in [0.05, 0.1) is 19.8 Å². The average Bonchev–Trinajstić information content (AvgIpc) is 4.50. The molecular formula is C66H82ClO15P3. The second-order valence-electron chi connectivity index (χ2n) is 23.5. The van der Waals surface area contributed by atoms with Crippen molar-refractivity contribution in [2.24, 2.45) is 17.8 Å². The fourth-order valence-electron chi connectivity index (χ4n) is 10.7. The summed E-state index contributed by atoms with van der Waals surface area (Å²) in [5.74, 6) is 8.99. The molecule has 0 radical (unpaired) electrons. The Kier molecular flexibility index (Phi) is 21.8. The van der Waals surface area contributed by atoms with Gasteiger partial charge in [-0.1, -0.05) is 183 Å². The Morgan fingerprint density at radius 3 is 1.06 bits per heavy atom. The minimum absolute atomic E-state index is 0.129. The fraction of sp³-hybridized carbons (Fsp3) is 0.455. The molecule has 1 N–H and O–H groups in total. The summed E-state index contributed by atoms with van der Waals surface area (Å²) in [6, 6.07) is 41.0. The lowest BCUT2D eigenvalue weighted by Gasteiger charge is -2.26. The fourth-order valence-corrected chi connectivity index (χ4v) is 13.8. The molecule has 19 heteroatoms. The first-order valence-corrected chi connectivity index (χ1v) is 34.6. The number of ether oxygens (including phenoxy) is 3. The van der Waals surface area contributed by atoms with Crippen LogP contribution in [0.2, 0.25) is 0 Å². The van der Waals surface area contributed by atoms with Gasteiger partial charge in [-0.3, -0.25) is 18.5 Å². The second-order valence-corrected chi connectivity index (χ2v) is 28.2. The Morgan fingerprint density at radius 1 is 0.424 bits per heavy atom. The number of hydrogen-bond acceptors (Lipinski definition) is 14. The first kappa shape index (κ1) is 64.3. The van der Waals surface area contributed by atoms with Gasteiger partial charge in [-0.25, -0.2) is 22.7 Å². The molecule has 3 aliphatic heterocycles. The van der Waals surface area contributed by atoms with E-state index in [4.69, 9.17) is 62.4 Å². The van der Waals surface area contributed by atoms with E-state index in [0.29, 0.717) is 64.6 Å². The van der Waals surface area contributed by atoms with Crippen molar-refractivity contribution in [1.29, 1.82) is 0 Å². The topological polar surface area (TPSA) is 173 Å². The molecule has 3 saturated carbocycles. The predicted octanol–water partition coefficient (Wildman–Crippen LogP) is 19.4. The summed E-state index contributed by atoms with van der Waals surface area (Å²) < 4.78 is 96.2. The monoisotopic (exact) mass is 1240 g/mol. The zero-order valence-corrected chi connectivity index (χ0v) is 53.6. The zero-order valence-electron chi connectivity index (χ0n) is 50.2. The molecule has 15 nitrogen and oxygen atoms in total. The summed E-state index contributed by atoms with van der Waals surface area (Å²) in [6.45, 7) is 19.9. The van der Waals surface area contributed by atoms with E-state index < -0.39 is 23.5 Å². The van der Waals surface area contributed by atoms with Crippen LogP contribution in [0.5, 0.6) is 34.5 Å². The smallest absolute Gasteiger partial charge is 0.477 e. The van der Waals surface area contributed by atoms with Crippen molar-refractivity contribution >= 4 is 35.1 Å². The van der Waals surface area contributed by atoms with Crippen LogP contribution >= 0.6 is 35.1 Å². The van der Waals surface area contributed by atoms with Crippen LogP contribution in [0.25, 0.3) is 0 Å². The number of rotatable bonds is 19. The lowest BCUT2D eigenvalue weighted by molar-refractivity contribution is 0.0589. The maximum atomic E-state index is 12.8. The lowest BCUT2D eigenvalue weighted by atomic mass is 9.90. The highest BCUT2D eigenvalue weighted by Gasteiger charge is 2.38. The third-order valence-corrected chi connectivity index (χ3v) is 19.8. The molecule has 0 amide bonds. The number of alkyl halides is 1. The lowest BCUT2D eigenvalue weighted by Crippen LogP contribution is -2.13. The van der Waals surface area contributed by atoms with E-state index in [0.717, 1.165) is 51.0 Å². The van der Waals surface area contributed by atoms with E-state index in [1.807, 2.05) is 42.5 Å². The Balaban J connectivity index is 0.000000142. The zero-order chi connectivity index (χ0) is 60.5. The van der Waals surface area contributed by atoms with Crippen molar-refractivity contribution in [3.63, 3.8) is 0 Å². The van der Waals surface area contributed by atoms with Gasteiger partial charge in [0, 0.05) is 16.7 Å². The normalized spacial score (nSPS) is 22.1. The second kappa shape index (κ2) is 28.8.